The van der Waals surface area contributed by atoms with Crippen molar-refractivity contribution in [2.75, 3.05) is 13.2 Å². The molecule has 0 aliphatic heterocycles. The fourth-order valence-corrected chi connectivity index (χ4v) is 2.60. The van der Waals surface area contributed by atoms with Crippen molar-refractivity contribution in [3.63, 3.8) is 0 Å². The Labute approximate surface area is 144 Å². The standard InChI is InChI=1S/C18H19BrO4/c1-11-4-5-12(2)17(13(11)3)23-9-8-22-16-7-6-14(19)10-15(16)18(20)21/h4-7,10H,8-9H2,1-3H3,(H,20,21). The van der Waals surface area contributed by atoms with E-state index >= 15 is 0 Å². The van der Waals surface area contributed by atoms with Gasteiger partial charge in [0.05, 0.1) is 0 Å². The Kier molecular flexibility index (Phi) is 5.66. The van der Waals surface area contributed by atoms with Gasteiger partial charge in [0, 0.05) is 4.47 Å². The number of aryl methyl sites for hydroxylation is 2. The smallest absolute Gasteiger partial charge is 0.339 e. The molecule has 122 valence electrons. The maximum Gasteiger partial charge on any atom is 0.339 e. The summed E-state index contributed by atoms with van der Waals surface area (Å²) in [7, 11) is 0. The molecule has 0 amide bonds. The molecule has 2 aromatic rings. The fourth-order valence-electron chi connectivity index (χ4n) is 2.24. The Morgan fingerprint density at radius 1 is 1.04 bits per heavy atom. The van der Waals surface area contributed by atoms with Crippen LogP contribution in [0.1, 0.15) is 27.0 Å². The lowest BCUT2D eigenvalue weighted by Gasteiger charge is -2.15. The lowest BCUT2D eigenvalue weighted by molar-refractivity contribution is 0.0691. The molecule has 0 aliphatic carbocycles. The molecular formula is C18H19BrO4. The third-order valence-corrected chi connectivity index (χ3v) is 4.13. The van der Waals surface area contributed by atoms with Gasteiger partial charge in [0.1, 0.15) is 30.3 Å². The highest BCUT2D eigenvalue weighted by atomic mass is 79.9. The van der Waals surface area contributed by atoms with Crippen molar-refractivity contribution >= 4 is 21.9 Å². The van der Waals surface area contributed by atoms with Gasteiger partial charge in [-0.3, -0.25) is 0 Å². The summed E-state index contributed by atoms with van der Waals surface area (Å²) in [6.45, 7) is 6.68. The van der Waals surface area contributed by atoms with E-state index in [0.717, 1.165) is 16.9 Å². The van der Waals surface area contributed by atoms with E-state index in [1.807, 2.05) is 26.8 Å². The third kappa shape index (κ3) is 4.26. The number of halogens is 1. The van der Waals surface area contributed by atoms with Crippen LogP contribution in [-0.2, 0) is 0 Å². The molecule has 0 heterocycles. The van der Waals surface area contributed by atoms with E-state index < -0.39 is 5.97 Å². The van der Waals surface area contributed by atoms with Crippen LogP contribution >= 0.6 is 15.9 Å². The zero-order valence-electron chi connectivity index (χ0n) is 13.4. The Morgan fingerprint density at radius 2 is 1.70 bits per heavy atom. The monoisotopic (exact) mass is 378 g/mol. The normalized spacial score (nSPS) is 10.4. The number of ether oxygens (including phenoxy) is 2. The zero-order valence-corrected chi connectivity index (χ0v) is 14.9. The van der Waals surface area contributed by atoms with Crippen LogP contribution in [-0.4, -0.2) is 24.3 Å². The number of carboxylic acids is 1. The molecule has 2 rings (SSSR count). The zero-order chi connectivity index (χ0) is 17.0. The van der Waals surface area contributed by atoms with Gasteiger partial charge in [0.25, 0.3) is 0 Å². The van der Waals surface area contributed by atoms with Crippen molar-refractivity contribution in [1.29, 1.82) is 0 Å². The number of benzene rings is 2. The van der Waals surface area contributed by atoms with Gasteiger partial charge in [0.2, 0.25) is 0 Å². The van der Waals surface area contributed by atoms with E-state index in [9.17, 15) is 9.90 Å². The molecule has 0 saturated carbocycles. The molecule has 0 saturated heterocycles. The molecule has 4 nitrogen and oxygen atoms in total. The van der Waals surface area contributed by atoms with Crippen LogP contribution in [0, 0.1) is 20.8 Å². The summed E-state index contributed by atoms with van der Waals surface area (Å²) < 4.78 is 12.1. The van der Waals surface area contributed by atoms with Gasteiger partial charge in [-0.2, -0.15) is 0 Å². The molecule has 0 aliphatic rings. The van der Waals surface area contributed by atoms with Crippen LogP contribution in [0.2, 0.25) is 0 Å². The summed E-state index contributed by atoms with van der Waals surface area (Å²) in [6, 6.07) is 8.99. The predicted molar refractivity (Wildman–Crippen MR) is 92.7 cm³/mol. The number of hydrogen-bond acceptors (Lipinski definition) is 3. The second-order valence-electron chi connectivity index (χ2n) is 5.30. The summed E-state index contributed by atoms with van der Waals surface area (Å²) in [5.41, 5.74) is 3.48. The summed E-state index contributed by atoms with van der Waals surface area (Å²) in [4.78, 5) is 11.2. The number of rotatable bonds is 6. The van der Waals surface area contributed by atoms with E-state index in [0.29, 0.717) is 16.8 Å². The van der Waals surface area contributed by atoms with Gasteiger partial charge in [-0.05, 0) is 55.7 Å². The molecule has 1 N–H and O–H groups in total. The average Bonchev–Trinajstić information content (AvgIpc) is 2.51. The second-order valence-corrected chi connectivity index (χ2v) is 6.21. The minimum atomic E-state index is -1.02. The van der Waals surface area contributed by atoms with E-state index in [2.05, 4.69) is 22.0 Å². The molecule has 23 heavy (non-hydrogen) atoms. The number of carboxylic acid groups (broad SMARTS) is 1. The topological polar surface area (TPSA) is 55.8 Å². The first-order chi connectivity index (χ1) is 10.9. The van der Waals surface area contributed by atoms with E-state index in [1.54, 1.807) is 12.1 Å². The van der Waals surface area contributed by atoms with Crippen molar-refractivity contribution in [3.05, 3.63) is 57.1 Å². The van der Waals surface area contributed by atoms with Gasteiger partial charge in [-0.1, -0.05) is 28.1 Å². The number of aromatic carboxylic acids is 1. The van der Waals surface area contributed by atoms with Crippen molar-refractivity contribution in [2.24, 2.45) is 0 Å². The summed E-state index contributed by atoms with van der Waals surface area (Å²) in [6.07, 6.45) is 0. The van der Waals surface area contributed by atoms with Crippen molar-refractivity contribution in [3.8, 4) is 11.5 Å². The van der Waals surface area contributed by atoms with Crippen LogP contribution < -0.4 is 9.47 Å². The average molecular weight is 379 g/mol. The Balaban J connectivity index is 1.99. The highest BCUT2D eigenvalue weighted by Crippen LogP contribution is 2.26. The van der Waals surface area contributed by atoms with E-state index in [-0.39, 0.29) is 12.2 Å². The largest absolute Gasteiger partial charge is 0.489 e. The minimum Gasteiger partial charge on any atom is -0.489 e. The lowest BCUT2D eigenvalue weighted by Crippen LogP contribution is -2.12. The van der Waals surface area contributed by atoms with Gasteiger partial charge >= 0.3 is 5.97 Å². The highest BCUT2D eigenvalue weighted by Gasteiger charge is 2.12. The maximum absolute atomic E-state index is 11.2. The first kappa shape index (κ1) is 17.3. The Morgan fingerprint density at radius 3 is 2.39 bits per heavy atom. The molecule has 5 heteroatoms. The molecule has 0 aromatic heterocycles. The van der Waals surface area contributed by atoms with Crippen molar-refractivity contribution in [1.82, 2.24) is 0 Å². The first-order valence-corrected chi connectivity index (χ1v) is 8.04. The third-order valence-electron chi connectivity index (χ3n) is 3.63. The first-order valence-electron chi connectivity index (χ1n) is 7.25. The molecule has 0 unspecified atom stereocenters. The summed E-state index contributed by atoms with van der Waals surface area (Å²) in [5, 5.41) is 9.20. The SMILES string of the molecule is Cc1ccc(C)c(OCCOc2ccc(Br)cc2C(=O)O)c1C. The molecule has 0 spiro atoms. The van der Waals surface area contributed by atoms with Crippen LogP contribution in [0.4, 0.5) is 0 Å². The Bertz CT molecular complexity index is 725. The van der Waals surface area contributed by atoms with Crippen LogP contribution in [0.3, 0.4) is 0 Å². The van der Waals surface area contributed by atoms with Crippen molar-refractivity contribution < 1.29 is 19.4 Å². The van der Waals surface area contributed by atoms with Gasteiger partial charge in [-0.25, -0.2) is 4.79 Å². The number of hydrogen-bond donors (Lipinski definition) is 1. The fraction of sp³-hybridized carbons (Fsp3) is 0.278. The maximum atomic E-state index is 11.2. The van der Waals surface area contributed by atoms with Gasteiger partial charge in [-0.15, -0.1) is 0 Å². The highest BCUT2D eigenvalue weighted by molar-refractivity contribution is 9.10. The minimum absolute atomic E-state index is 0.127. The molecule has 0 bridgehead atoms. The van der Waals surface area contributed by atoms with Crippen LogP contribution in [0.25, 0.3) is 0 Å². The van der Waals surface area contributed by atoms with E-state index in [4.69, 9.17) is 9.47 Å². The number of carbonyl (C=O) groups is 1. The van der Waals surface area contributed by atoms with Crippen molar-refractivity contribution in [2.45, 2.75) is 20.8 Å². The molecule has 2 aromatic carbocycles. The molecule has 0 atom stereocenters. The lowest BCUT2D eigenvalue weighted by atomic mass is 10.1. The van der Waals surface area contributed by atoms with Crippen LogP contribution in [0.15, 0.2) is 34.8 Å². The van der Waals surface area contributed by atoms with Crippen LogP contribution in [0.5, 0.6) is 11.5 Å². The molecule has 0 radical (unpaired) electrons. The predicted octanol–water partition coefficient (Wildman–Crippen LogP) is 4.53. The summed E-state index contributed by atoms with van der Waals surface area (Å²) >= 11 is 3.26. The van der Waals surface area contributed by atoms with Gasteiger partial charge in [0.15, 0.2) is 0 Å². The Hall–Kier alpha value is -2.01. The van der Waals surface area contributed by atoms with Gasteiger partial charge < -0.3 is 14.6 Å². The second kappa shape index (κ2) is 7.51. The summed E-state index contributed by atoms with van der Waals surface area (Å²) in [5.74, 6) is 0.178. The molecular weight excluding hydrogens is 360 g/mol. The van der Waals surface area contributed by atoms with E-state index in [1.165, 1.54) is 11.6 Å². The quantitative estimate of drug-likeness (QED) is 0.750. The molecule has 0 fully saturated rings.